The van der Waals surface area contributed by atoms with E-state index in [0.717, 1.165) is 53.9 Å². The number of hydrogen-bond donors (Lipinski definition) is 3. The average Bonchev–Trinajstić information content (AvgIpc) is 2.90. The number of rotatable bonds is 4. The summed E-state index contributed by atoms with van der Waals surface area (Å²) in [4.78, 5) is 33.0. The summed E-state index contributed by atoms with van der Waals surface area (Å²) in [5, 5.41) is 8.09. The molecule has 2 aliphatic rings. The molecule has 0 unspecified atom stereocenters. The lowest BCUT2D eigenvalue weighted by atomic mass is 9.90. The zero-order chi connectivity index (χ0) is 25.6. The molecule has 2 aromatic carbocycles. The molecule has 0 amide bonds. The Kier molecular flexibility index (Phi) is 5.80. The van der Waals surface area contributed by atoms with Gasteiger partial charge in [-0.05, 0) is 99.1 Å². The molecule has 1 fully saturated rings. The van der Waals surface area contributed by atoms with Crippen LogP contribution in [0.2, 0.25) is 0 Å². The van der Waals surface area contributed by atoms with Crippen molar-refractivity contribution in [2.45, 2.75) is 44.6 Å². The number of carbonyl (C=O) groups excluding carboxylic acids is 1. The van der Waals surface area contributed by atoms with Crippen LogP contribution in [-0.2, 0) is 11.2 Å². The number of H-pyrrole nitrogens is 1. The van der Waals surface area contributed by atoms with Crippen molar-refractivity contribution in [1.29, 1.82) is 0 Å². The molecule has 0 aliphatic carbocycles. The number of ether oxygens (including phenoxy) is 1. The largest absolute Gasteiger partial charge is 0.480 e. The van der Waals surface area contributed by atoms with Crippen molar-refractivity contribution >= 4 is 28.1 Å². The Morgan fingerprint density at radius 3 is 2.57 bits per heavy atom. The van der Waals surface area contributed by atoms with Crippen LogP contribution in [0, 0.1) is 0 Å². The topological polar surface area (TPSA) is 96.1 Å². The lowest BCUT2D eigenvalue weighted by Gasteiger charge is -2.31. The average molecular weight is 495 g/mol. The Morgan fingerprint density at radius 2 is 1.78 bits per heavy atom. The number of aromatic amines is 1. The third-order valence-corrected chi connectivity index (χ3v) is 7.48. The molecule has 4 aromatic rings. The molecule has 0 saturated carbocycles. The van der Waals surface area contributed by atoms with Gasteiger partial charge in [0.1, 0.15) is 11.6 Å². The normalized spacial score (nSPS) is 17.3. The number of benzene rings is 2. The Hall–Kier alpha value is -3.97. The number of Topliss-reactive ketones (excluding diaryl/α,β-unsaturated/α-hetero) is 1. The number of hydrogen-bond acceptors (Lipinski definition) is 6. The van der Waals surface area contributed by atoms with E-state index >= 15 is 0 Å². The molecule has 7 nitrogen and oxygen atoms in total. The number of nitrogens with zero attached hydrogens (tertiary/aromatic N) is 1. The number of piperidine rings is 1. The number of carbonyl (C=O) groups is 1. The zero-order valence-corrected chi connectivity index (χ0v) is 21.1. The Morgan fingerprint density at radius 1 is 1.00 bits per heavy atom. The van der Waals surface area contributed by atoms with Crippen molar-refractivity contribution in [2.24, 2.45) is 0 Å². The highest BCUT2D eigenvalue weighted by molar-refractivity contribution is 5.95. The molecule has 7 heteroatoms. The van der Waals surface area contributed by atoms with Gasteiger partial charge in [-0.25, -0.2) is 4.98 Å². The van der Waals surface area contributed by atoms with Crippen LogP contribution in [0.3, 0.4) is 0 Å². The highest BCUT2D eigenvalue weighted by Gasteiger charge is 2.35. The van der Waals surface area contributed by atoms with Crippen LogP contribution < -0.4 is 20.9 Å². The van der Waals surface area contributed by atoms with Gasteiger partial charge in [0.05, 0.1) is 11.1 Å². The summed E-state index contributed by atoms with van der Waals surface area (Å²) in [6.45, 7) is 5.70. The number of anilines is 2. The van der Waals surface area contributed by atoms with Gasteiger partial charge < -0.3 is 20.4 Å². The fourth-order valence-electron chi connectivity index (χ4n) is 5.28. The van der Waals surface area contributed by atoms with Crippen molar-refractivity contribution < 1.29 is 9.53 Å². The smallest absolute Gasteiger partial charge is 0.259 e. The minimum Gasteiger partial charge on any atom is -0.480 e. The van der Waals surface area contributed by atoms with Crippen molar-refractivity contribution in [3.63, 3.8) is 0 Å². The molecule has 0 bridgehead atoms. The van der Waals surface area contributed by atoms with Gasteiger partial charge in [-0.3, -0.25) is 9.59 Å². The molecular weight excluding hydrogens is 464 g/mol. The minimum absolute atomic E-state index is 0.0467. The first-order chi connectivity index (χ1) is 17.9. The maximum absolute atomic E-state index is 12.8. The second kappa shape index (κ2) is 9.16. The van der Waals surface area contributed by atoms with Gasteiger partial charge in [0, 0.05) is 29.4 Å². The summed E-state index contributed by atoms with van der Waals surface area (Å²) in [6.07, 6.45) is 4.25. The van der Waals surface area contributed by atoms with E-state index in [1.807, 2.05) is 30.3 Å². The van der Waals surface area contributed by atoms with Crippen molar-refractivity contribution in [3.8, 4) is 17.0 Å². The second-order valence-corrected chi connectivity index (χ2v) is 10.4. The third-order valence-electron chi connectivity index (χ3n) is 7.48. The second-order valence-electron chi connectivity index (χ2n) is 10.4. The van der Waals surface area contributed by atoms with E-state index in [4.69, 9.17) is 9.72 Å². The van der Waals surface area contributed by atoms with Crippen LogP contribution in [0.15, 0.2) is 65.6 Å². The van der Waals surface area contributed by atoms with E-state index in [1.54, 1.807) is 20.0 Å². The molecule has 2 aromatic heterocycles. The molecule has 0 atom stereocenters. The summed E-state index contributed by atoms with van der Waals surface area (Å²) >= 11 is 0. The van der Waals surface area contributed by atoms with Crippen LogP contribution in [0.25, 0.3) is 22.0 Å². The Balaban J connectivity index is 1.37. The highest BCUT2D eigenvalue weighted by Crippen LogP contribution is 2.35. The number of fused-ring (bicyclic) bond motifs is 2. The molecule has 2 aliphatic heterocycles. The zero-order valence-electron chi connectivity index (χ0n) is 21.1. The van der Waals surface area contributed by atoms with Gasteiger partial charge in [-0.1, -0.05) is 12.1 Å². The fraction of sp³-hybridized carbons (Fsp3) is 0.300. The van der Waals surface area contributed by atoms with Crippen LogP contribution in [0.5, 0.6) is 5.75 Å². The van der Waals surface area contributed by atoms with E-state index in [2.05, 4.69) is 39.9 Å². The predicted octanol–water partition coefficient (Wildman–Crippen LogP) is 5.08. The molecule has 188 valence electrons. The standard InChI is InChI=1S/C30H30N4O3/c1-30(2)26(35)17-22-15-20(5-8-25(22)37-30)24-16-21-11-14-32-29(36)27(21)28(34-24)33-23-6-3-18(4-7-23)19-9-12-31-13-10-19/h3-8,11,14-16,19,31H,9-10,12-13,17H2,1-2H3,(H,32,36)(H,33,34). The van der Waals surface area contributed by atoms with Gasteiger partial charge >= 0.3 is 0 Å². The summed E-state index contributed by atoms with van der Waals surface area (Å²) in [7, 11) is 0. The molecule has 4 heterocycles. The van der Waals surface area contributed by atoms with Gasteiger partial charge in [-0.2, -0.15) is 0 Å². The van der Waals surface area contributed by atoms with Crippen LogP contribution in [-0.4, -0.2) is 34.4 Å². The number of nitrogens with one attached hydrogen (secondary N) is 3. The molecular formula is C30H30N4O3. The Bertz CT molecular complexity index is 1550. The first kappa shape index (κ1) is 23.4. The lowest BCUT2D eigenvalue weighted by Crippen LogP contribution is -2.42. The molecule has 0 spiro atoms. The van der Waals surface area contributed by atoms with Crippen LogP contribution in [0.4, 0.5) is 11.5 Å². The van der Waals surface area contributed by atoms with Crippen LogP contribution >= 0.6 is 0 Å². The molecule has 6 rings (SSSR count). The summed E-state index contributed by atoms with van der Waals surface area (Å²) < 4.78 is 5.93. The SMILES string of the molecule is CC1(C)Oc2ccc(-c3cc4cc[nH]c(=O)c4c(Nc4ccc(C5CCNCC5)cc4)n3)cc2CC1=O. The summed E-state index contributed by atoms with van der Waals surface area (Å²) in [5.41, 5.74) is 3.61. The monoisotopic (exact) mass is 494 g/mol. The number of aromatic nitrogens is 2. The third kappa shape index (κ3) is 4.51. The molecule has 0 radical (unpaired) electrons. The van der Waals surface area contributed by atoms with Crippen molar-refractivity contribution in [3.05, 3.63) is 82.3 Å². The highest BCUT2D eigenvalue weighted by atomic mass is 16.5. The maximum atomic E-state index is 12.8. The first-order valence-corrected chi connectivity index (χ1v) is 12.8. The maximum Gasteiger partial charge on any atom is 0.259 e. The van der Waals surface area contributed by atoms with Crippen molar-refractivity contribution in [2.75, 3.05) is 18.4 Å². The van der Waals surface area contributed by atoms with E-state index in [9.17, 15) is 9.59 Å². The Labute approximate surface area is 215 Å². The van der Waals surface area contributed by atoms with Crippen molar-refractivity contribution in [1.82, 2.24) is 15.3 Å². The molecule has 3 N–H and O–H groups in total. The van der Waals surface area contributed by atoms with Crippen LogP contribution in [0.1, 0.15) is 43.7 Å². The van der Waals surface area contributed by atoms with E-state index in [1.165, 1.54) is 5.56 Å². The lowest BCUT2D eigenvalue weighted by molar-refractivity contribution is -0.132. The van der Waals surface area contributed by atoms with E-state index in [0.29, 0.717) is 29.2 Å². The van der Waals surface area contributed by atoms with Gasteiger partial charge in [-0.15, -0.1) is 0 Å². The predicted molar refractivity (Wildman–Crippen MR) is 146 cm³/mol. The summed E-state index contributed by atoms with van der Waals surface area (Å²) in [6, 6.07) is 18.0. The molecule has 1 saturated heterocycles. The number of ketones is 1. The van der Waals surface area contributed by atoms with Gasteiger partial charge in [0.15, 0.2) is 11.4 Å². The number of pyridine rings is 2. The quantitative estimate of drug-likeness (QED) is 0.366. The fourth-order valence-corrected chi connectivity index (χ4v) is 5.28. The van der Waals surface area contributed by atoms with Gasteiger partial charge in [0.25, 0.3) is 5.56 Å². The minimum atomic E-state index is -0.822. The van der Waals surface area contributed by atoms with Gasteiger partial charge in [0.2, 0.25) is 0 Å². The van der Waals surface area contributed by atoms with E-state index < -0.39 is 5.60 Å². The first-order valence-electron chi connectivity index (χ1n) is 12.8. The summed E-state index contributed by atoms with van der Waals surface area (Å²) in [5.74, 6) is 1.84. The molecule has 37 heavy (non-hydrogen) atoms. The van der Waals surface area contributed by atoms with E-state index in [-0.39, 0.29) is 11.3 Å².